The molecule has 2 N–H and O–H groups in total. The van der Waals surface area contributed by atoms with Gasteiger partial charge in [-0.05, 0) is 37.8 Å². The highest BCUT2D eigenvalue weighted by Gasteiger charge is 2.24. The number of anilines is 1. The first kappa shape index (κ1) is 12.2. The summed E-state index contributed by atoms with van der Waals surface area (Å²) >= 11 is 0. The first-order chi connectivity index (χ1) is 8.20. The molecule has 1 aromatic rings. The number of para-hydroxylation sites is 2. The summed E-state index contributed by atoms with van der Waals surface area (Å²) in [5.74, 6) is 1.69. The normalized spacial score (nSPS) is 21.6. The van der Waals surface area contributed by atoms with Gasteiger partial charge in [0.1, 0.15) is 5.75 Å². The summed E-state index contributed by atoms with van der Waals surface area (Å²) in [6.45, 7) is 4.30. The van der Waals surface area contributed by atoms with Crippen LogP contribution in [0.25, 0.3) is 0 Å². The van der Waals surface area contributed by atoms with Gasteiger partial charge in [0.25, 0.3) is 0 Å². The van der Waals surface area contributed by atoms with Gasteiger partial charge in [0.05, 0.1) is 12.8 Å². The molecule has 1 heterocycles. The number of hydrogen-bond acceptors (Lipinski definition) is 3. The SMILES string of the molecule is COc1ccccc1N1CCC(CC(C)N)C1. The topological polar surface area (TPSA) is 38.5 Å². The van der Waals surface area contributed by atoms with Crippen LogP contribution in [0.1, 0.15) is 19.8 Å². The number of nitrogens with zero attached hydrogens (tertiary/aromatic N) is 1. The van der Waals surface area contributed by atoms with Crippen LogP contribution in [0.4, 0.5) is 5.69 Å². The van der Waals surface area contributed by atoms with Crippen molar-refractivity contribution in [3.05, 3.63) is 24.3 Å². The fraction of sp³-hybridized carbons (Fsp3) is 0.571. The lowest BCUT2D eigenvalue weighted by molar-refractivity contribution is 0.414. The van der Waals surface area contributed by atoms with Gasteiger partial charge < -0.3 is 15.4 Å². The molecule has 0 spiro atoms. The highest BCUT2D eigenvalue weighted by Crippen LogP contribution is 2.32. The standard InChI is InChI=1S/C14H22N2O/c1-11(15)9-12-7-8-16(10-12)13-5-3-4-6-14(13)17-2/h3-6,11-12H,7-10,15H2,1-2H3. The van der Waals surface area contributed by atoms with Crippen molar-refractivity contribution in [2.45, 2.75) is 25.8 Å². The third kappa shape index (κ3) is 2.91. The Morgan fingerprint density at radius 3 is 2.94 bits per heavy atom. The van der Waals surface area contributed by atoms with Gasteiger partial charge in [0, 0.05) is 19.1 Å². The number of benzene rings is 1. The van der Waals surface area contributed by atoms with Crippen LogP contribution in [0.15, 0.2) is 24.3 Å². The number of nitrogens with two attached hydrogens (primary N) is 1. The number of hydrogen-bond donors (Lipinski definition) is 1. The monoisotopic (exact) mass is 234 g/mol. The Morgan fingerprint density at radius 1 is 1.47 bits per heavy atom. The van der Waals surface area contributed by atoms with E-state index in [9.17, 15) is 0 Å². The first-order valence-electron chi connectivity index (χ1n) is 6.34. The third-order valence-electron chi connectivity index (χ3n) is 3.42. The van der Waals surface area contributed by atoms with E-state index in [2.05, 4.69) is 24.0 Å². The van der Waals surface area contributed by atoms with Crippen LogP contribution >= 0.6 is 0 Å². The molecule has 17 heavy (non-hydrogen) atoms. The minimum Gasteiger partial charge on any atom is -0.495 e. The van der Waals surface area contributed by atoms with E-state index >= 15 is 0 Å². The molecule has 0 radical (unpaired) electrons. The van der Waals surface area contributed by atoms with Gasteiger partial charge in [-0.15, -0.1) is 0 Å². The summed E-state index contributed by atoms with van der Waals surface area (Å²) < 4.78 is 5.41. The average molecular weight is 234 g/mol. The maximum absolute atomic E-state index is 5.87. The average Bonchev–Trinajstić information content (AvgIpc) is 2.76. The van der Waals surface area contributed by atoms with Crippen molar-refractivity contribution in [3.63, 3.8) is 0 Å². The van der Waals surface area contributed by atoms with Crippen molar-refractivity contribution in [3.8, 4) is 5.75 Å². The van der Waals surface area contributed by atoms with Crippen molar-refractivity contribution in [1.29, 1.82) is 0 Å². The van der Waals surface area contributed by atoms with Crippen molar-refractivity contribution in [2.75, 3.05) is 25.1 Å². The van der Waals surface area contributed by atoms with E-state index in [4.69, 9.17) is 10.5 Å². The Bertz CT molecular complexity index is 365. The molecule has 2 atom stereocenters. The van der Waals surface area contributed by atoms with Crippen LogP contribution in [0.5, 0.6) is 5.75 Å². The number of ether oxygens (including phenoxy) is 1. The summed E-state index contributed by atoms with van der Waals surface area (Å²) in [5.41, 5.74) is 7.08. The van der Waals surface area contributed by atoms with Gasteiger partial charge in [0.15, 0.2) is 0 Å². The highest BCUT2D eigenvalue weighted by molar-refractivity contribution is 5.58. The molecule has 1 aromatic carbocycles. The molecule has 0 aromatic heterocycles. The van der Waals surface area contributed by atoms with Crippen LogP contribution in [0.3, 0.4) is 0 Å². The second-order valence-corrected chi connectivity index (χ2v) is 4.99. The van der Waals surface area contributed by atoms with E-state index in [1.165, 1.54) is 12.1 Å². The van der Waals surface area contributed by atoms with Crippen LogP contribution in [-0.2, 0) is 0 Å². The summed E-state index contributed by atoms with van der Waals surface area (Å²) in [4.78, 5) is 2.41. The zero-order chi connectivity index (χ0) is 12.3. The van der Waals surface area contributed by atoms with Crippen molar-refractivity contribution in [1.82, 2.24) is 0 Å². The minimum atomic E-state index is 0.303. The molecule has 1 saturated heterocycles. The summed E-state index contributed by atoms with van der Waals surface area (Å²) in [6.07, 6.45) is 2.35. The molecule has 0 bridgehead atoms. The molecule has 3 heteroatoms. The zero-order valence-corrected chi connectivity index (χ0v) is 10.7. The van der Waals surface area contributed by atoms with Gasteiger partial charge in [0.2, 0.25) is 0 Å². The molecular formula is C14H22N2O. The van der Waals surface area contributed by atoms with Gasteiger partial charge >= 0.3 is 0 Å². The fourth-order valence-corrected chi connectivity index (χ4v) is 2.66. The van der Waals surface area contributed by atoms with Crippen LogP contribution in [-0.4, -0.2) is 26.2 Å². The second kappa shape index (κ2) is 5.41. The van der Waals surface area contributed by atoms with Crippen LogP contribution < -0.4 is 15.4 Å². The molecular weight excluding hydrogens is 212 g/mol. The molecule has 94 valence electrons. The van der Waals surface area contributed by atoms with E-state index < -0.39 is 0 Å². The molecule has 0 amide bonds. The zero-order valence-electron chi connectivity index (χ0n) is 10.7. The Morgan fingerprint density at radius 2 is 2.24 bits per heavy atom. The minimum absolute atomic E-state index is 0.303. The Balaban J connectivity index is 2.04. The predicted molar refractivity (Wildman–Crippen MR) is 71.6 cm³/mol. The Kier molecular flexibility index (Phi) is 3.89. The van der Waals surface area contributed by atoms with Crippen molar-refractivity contribution in [2.24, 2.45) is 11.7 Å². The van der Waals surface area contributed by atoms with E-state index in [0.717, 1.165) is 31.2 Å². The van der Waals surface area contributed by atoms with Crippen LogP contribution in [0, 0.1) is 5.92 Å². The van der Waals surface area contributed by atoms with Gasteiger partial charge in [-0.3, -0.25) is 0 Å². The van der Waals surface area contributed by atoms with Crippen molar-refractivity contribution < 1.29 is 4.74 Å². The number of methoxy groups -OCH3 is 1. The quantitative estimate of drug-likeness (QED) is 0.868. The van der Waals surface area contributed by atoms with E-state index in [-0.39, 0.29) is 0 Å². The molecule has 1 aliphatic rings. The van der Waals surface area contributed by atoms with Gasteiger partial charge in [-0.2, -0.15) is 0 Å². The lowest BCUT2D eigenvalue weighted by Gasteiger charge is -2.21. The summed E-state index contributed by atoms with van der Waals surface area (Å²) in [6, 6.07) is 8.54. The van der Waals surface area contributed by atoms with E-state index in [1.54, 1.807) is 7.11 Å². The number of rotatable bonds is 4. The fourth-order valence-electron chi connectivity index (χ4n) is 2.66. The maximum atomic E-state index is 5.87. The summed E-state index contributed by atoms with van der Waals surface area (Å²) in [5, 5.41) is 0. The summed E-state index contributed by atoms with van der Waals surface area (Å²) in [7, 11) is 1.73. The molecule has 2 rings (SSSR count). The first-order valence-corrected chi connectivity index (χ1v) is 6.34. The van der Waals surface area contributed by atoms with Gasteiger partial charge in [-0.1, -0.05) is 12.1 Å². The van der Waals surface area contributed by atoms with Crippen LogP contribution in [0.2, 0.25) is 0 Å². The molecule has 2 unspecified atom stereocenters. The van der Waals surface area contributed by atoms with Gasteiger partial charge in [-0.25, -0.2) is 0 Å². The Hall–Kier alpha value is -1.22. The molecule has 1 aliphatic heterocycles. The largest absolute Gasteiger partial charge is 0.495 e. The second-order valence-electron chi connectivity index (χ2n) is 4.99. The molecule has 3 nitrogen and oxygen atoms in total. The lowest BCUT2D eigenvalue weighted by atomic mass is 10.0. The van der Waals surface area contributed by atoms with Crippen molar-refractivity contribution >= 4 is 5.69 Å². The van der Waals surface area contributed by atoms with E-state index in [1.807, 2.05) is 12.1 Å². The third-order valence-corrected chi connectivity index (χ3v) is 3.42. The molecule has 0 saturated carbocycles. The Labute approximate surface area is 104 Å². The highest BCUT2D eigenvalue weighted by atomic mass is 16.5. The predicted octanol–water partition coefficient (Wildman–Crippen LogP) is 2.26. The van der Waals surface area contributed by atoms with E-state index in [0.29, 0.717) is 6.04 Å². The molecule has 0 aliphatic carbocycles. The smallest absolute Gasteiger partial charge is 0.142 e. The lowest BCUT2D eigenvalue weighted by Crippen LogP contribution is -2.23. The maximum Gasteiger partial charge on any atom is 0.142 e. The molecule has 1 fully saturated rings.